The molecule has 4 rings (SSSR count). The van der Waals surface area contributed by atoms with Crippen molar-refractivity contribution in [2.24, 2.45) is 0 Å². The van der Waals surface area contributed by atoms with E-state index in [0.717, 1.165) is 25.3 Å². The molecule has 0 fully saturated rings. The lowest BCUT2D eigenvalue weighted by atomic mass is 10.0. The Morgan fingerprint density at radius 1 is 1.04 bits per heavy atom. The fraction of sp³-hybridized carbons (Fsp3) is 0.227. The van der Waals surface area contributed by atoms with E-state index in [0.29, 0.717) is 16.5 Å². The summed E-state index contributed by atoms with van der Waals surface area (Å²) in [7, 11) is 0. The number of aryl methyl sites for hydroxylation is 2. The van der Waals surface area contributed by atoms with Crippen LogP contribution in [0.5, 0.6) is 0 Å². The lowest BCUT2D eigenvalue weighted by Gasteiger charge is -2.13. The van der Waals surface area contributed by atoms with E-state index >= 15 is 0 Å². The SMILES string of the molecule is C[C@H](OC(=O)c1cc(=O)c2ccccc2o1)C(=O)c1ccc2c(c1)CCC2. The van der Waals surface area contributed by atoms with Gasteiger partial charge in [0.15, 0.2) is 11.5 Å². The van der Waals surface area contributed by atoms with Crippen molar-refractivity contribution in [2.75, 3.05) is 0 Å². The van der Waals surface area contributed by atoms with E-state index in [4.69, 9.17) is 9.15 Å². The minimum atomic E-state index is -0.978. The van der Waals surface area contributed by atoms with Crippen LogP contribution >= 0.6 is 0 Å². The molecular weight excluding hydrogens is 344 g/mol. The second-order valence-corrected chi connectivity index (χ2v) is 6.72. The van der Waals surface area contributed by atoms with Gasteiger partial charge in [-0.25, -0.2) is 4.79 Å². The minimum absolute atomic E-state index is 0.215. The van der Waals surface area contributed by atoms with E-state index in [2.05, 4.69) is 0 Å². The van der Waals surface area contributed by atoms with Crippen LogP contribution in [0.2, 0.25) is 0 Å². The molecular formula is C22H18O5. The summed E-state index contributed by atoms with van der Waals surface area (Å²) < 4.78 is 10.7. The summed E-state index contributed by atoms with van der Waals surface area (Å²) in [5, 5.41) is 0.385. The van der Waals surface area contributed by atoms with Crippen molar-refractivity contribution >= 4 is 22.7 Å². The second kappa shape index (κ2) is 6.83. The lowest BCUT2D eigenvalue weighted by molar-refractivity contribution is 0.0289. The largest absolute Gasteiger partial charge is 0.449 e. The third-order valence-electron chi connectivity index (χ3n) is 4.87. The Bertz CT molecular complexity index is 1110. The van der Waals surface area contributed by atoms with Crippen LogP contribution in [0.3, 0.4) is 0 Å². The van der Waals surface area contributed by atoms with Crippen LogP contribution < -0.4 is 5.43 Å². The number of rotatable bonds is 4. The number of benzene rings is 2. The molecule has 136 valence electrons. The predicted molar refractivity (Wildman–Crippen MR) is 100 cm³/mol. The number of fused-ring (bicyclic) bond motifs is 2. The normalized spacial score (nSPS) is 14.0. The van der Waals surface area contributed by atoms with Gasteiger partial charge in [-0.05, 0) is 55.5 Å². The van der Waals surface area contributed by atoms with Crippen LogP contribution in [0, 0.1) is 0 Å². The number of Topliss-reactive ketones (excluding diaryl/α,β-unsaturated/α-hetero) is 1. The molecule has 0 N–H and O–H groups in total. The molecule has 1 atom stereocenters. The Morgan fingerprint density at radius 3 is 2.67 bits per heavy atom. The molecule has 2 aromatic carbocycles. The smallest absolute Gasteiger partial charge is 0.375 e. The number of carbonyl (C=O) groups is 2. The Balaban J connectivity index is 1.54. The Hall–Kier alpha value is -3.21. The number of hydrogen-bond donors (Lipinski definition) is 0. The van der Waals surface area contributed by atoms with Gasteiger partial charge in [0.1, 0.15) is 5.58 Å². The van der Waals surface area contributed by atoms with Gasteiger partial charge in [-0.15, -0.1) is 0 Å². The summed E-state index contributed by atoms with van der Waals surface area (Å²) >= 11 is 0. The molecule has 5 heteroatoms. The maximum absolute atomic E-state index is 12.6. The maximum Gasteiger partial charge on any atom is 0.375 e. The number of hydrogen-bond acceptors (Lipinski definition) is 5. The summed E-state index contributed by atoms with van der Waals surface area (Å²) in [5.74, 6) is -1.33. The van der Waals surface area contributed by atoms with Crippen molar-refractivity contribution in [1.82, 2.24) is 0 Å². The highest BCUT2D eigenvalue weighted by Gasteiger charge is 2.23. The molecule has 0 amide bonds. The average Bonchev–Trinajstić information content (AvgIpc) is 3.15. The molecule has 1 heterocycles. The van der Waals surface area contributed by atoms with E-state index in [-0.39, 0.29) is 17.0 Å². The van der Waals surface area contributed by atoms with Crippen molar-refractivity contribution < 1.29 is 18.7 Å². The van der Waals surface area contributed by atoms with Gasteiger partial charge in [0, 0.05) is 11.6 Å². The zero-order chi connectivity index (χ0) is 19.0. The van der Waals surface area contributed by atoms with Crippen molar-refractivity contribution in [2.45, 2.75) is 32.3 Å². The summed E-state index contributed by atoms with van der Waals surface area (Å²) in [5.41, 5.74) is 2.95. The van der Waals surface area contributed by atoms with Gasteiger partial charge in [-0.3, -0.25) is 9.59 Å². The summed E-state index contributed by atoms with van der Waals surface area (Å²) in [6.45, 7) is 1.52. The summed E-state index contributed by atoms with van der Waals surface area (Å²) in [6, 6.07) is 13.4. The van der Waals surface area contributed by atoms with Crippen LogP contribution in [-0.2, 0) is 17.6 Å². The molecule has 1 aromatic heterocycles. The minimum Gasteiger partial charge on any atom is -0.449 e. The van der Waals surface area contributed by atoms with Crippen molar-refractivity contribution in [3.8, 4) is 0 Å². The number of para-hydroxylation sites is 1. The maximum atomic E-state index is 12.6. The van der Waals surface area contributed by atoms with E-state index in [1.807, 2.05) is 12.1 Å². The van der Waals surface area contributed by atoms with Crippen LogP contribution in [0.15, 0.2) is 57.7 Å². The van der Waals surface area contributed by atoms with Gasteiger partial charge in [0.25, 0.3) is 0 Å². The number of ether oxygens (including phenoxy) is 1. The highest BCUT2D eigenvalue weighted by molar-refractivity contribution is 6.01. The fourth-order valence-electron chi connectivity index (χ4n) is 3.44. The number of carbonyl (C=O) groups excluding carboxylic acids is 2. The summed E-state index contributed by atoms with van der Waals surface area (Å²) in [6.07, 6.45) is 2.12. The zero-order valence-electron chi connectivity index (χ0n) is 14.9. The van der Waals surface area contributed by atoms with Crippen LogP contribution in [0.25, 0.3) is 11.0 Å². The Labute approximate surface area is 155 Å². The highest BCUT2D eigenvalue weighted by atomic mass is 16.6. The van der Waals surface area contributed by atoms with E-state index in [1.54, 1.807) is 30.3 Å². The van der Waals surface area contributed by atoms with Crippen LogP contribution in [0.4, 0.5) is 0 Å². The first kappa shape index (κ1) is 17.2. The molecule has 0 aliphatic heterocycles. The fourth-order valence-corrected chi connectivity index (χ4v) is 3.44. The third kappa shape index (κ3) is 3.28. The molecule has 1 aliphatic carbocycles. The first-order valence-corrected chi connectivity index (χ1v) is 8.93. The topological polar surface area (TPSA) is 73.6 Å². The zero-order valence-corrected chi connectivity index (χ0v) is 14.9. The van der Waals surface area contributed by atoms with Crippen LogP contribution in [-0.4, -0.2) is 17.9 Å². The molecule has 1 aliphatic rings. The molecule has 0 saturated carbocycles. The van der Waals surface area contributed by atoms with Crippen molar-refractivity contribution in [3.63, 3.8) is 0 Å². The summed E-state index contributed by atoms with van der Waals surface area (Å²) in [4.78, 5) is 37.1. The monoisotopic (exact) mass is 362 g/mol. The van der Waals surface area contributed by atoms with Gasteiger partial charge in [-0.1, -0.05) is 24.3 Å². The lowest BCUT2D eigenvalue weighted by Crippen LogP contribution is -2.25. The van der Waals surface area contributed by atoms with E-state index < -0.39 is 12.1 Å². The predicted octanol–water partition coefficient (Wildman–Crippen LogP) is 3.71. The van der Waals surface area contributed by atoms with E-state index in [9.17, 15) is 14.4 Å². The third-order valence-corrected chi connectivity index (χ3v) is 4.87. The molecule has 0 bridgehead atoms. The van der Waals surface area contributed by atoms with Gasteiger partial charge in [0.05, 0.1) is 5.39 Å². The Kier molecular flexibility index (Phi) is 4.36. The average molecular weight is 362 g/mol. The molecule has 0 radical (unpaired) electrons. The van der Waals surface area contributed by atoms with E-state index in [1.165, 1.54) is 18.1 Å². The molecule has 27 heavy (non-hydrogen) atoms. The van der Waals surface area contributed by atoms with Crippen molar-refractivity contribution in [1.29, 1.82) is 0 Å². The van der Waals surface area contributed by atoms with Gasteiger partial charge >= 0.3 is 5.97 Å². The second-order valence-electron chi connectivity index (χ2n) is 6.72. The van der Waals surface area contributed by atoms with Gasteiger partial charge in [-0.2, -0.15) is 0 Å². The standard InChI is InChI=1S/C22H18O5/c1-13(21(24)16-10-9-14-5-4-6-15(14)11-16)26-22(25)20-12-18(23)17-7-2-3-8-19(17)27-20/h2-3,7-13H,4-6H2,1H3/t13-/m0/s1. The molecule has 3 aromatic rings. The molecule has 0 unspecified atom stereocenters. The van der Waals surface area contributed by atoms with Crippen molar-refractivity contribution in [3.05, 3.63) is 81.2 Å². The van der Waals surface area contributed by atoms with Crippen LogP contribution in [0.1, 0.15) is 45.4 Å². The Morgan fingerprint density at radius 2 is 1.81 bits per heavy atom. The molecule has 5 nitrogen and oxygen atoms in total. The van der Waals surface area contributed by atoms with Gasteiger partial charge < -0.3 is 9.15 Å². The highest BCUT2D eigenvalue weighted by Crippen LogP contribution is 2.24. The number of ketones is 1. The molecule has 0 saturated heterocycles. The number of esters is 1. The van der Waals surface area contributed by atoms with Gasteiger partial charge in [0.2, 0.25) is 11.5 Å². The first-order chi connectivity index (χ1) is 13.0. The quantitative estimate of drug-likeness (QED) is 0.522. The molecule has 0 spiro atoms. The first-order valence-electron chi connectivity index (χ1n) is 8.93.